The molecule has 0 spiro atoms. The lowest BCUT2D eigenvalue weighted by molar-refractivity contribution is -0.126. The normalized spacial score (nSPS) is 19.9. The van der Waals surface area contributed by atoms with Crippen LogP contribution in [0.15, 0.2) is 24.8 Å². The number of likely N-dealkylation sites (N-methyl/N-ethyl adjacent to an activating group) is 1. The first-order valence-corrected chi connectivity index (χ1v) is 14.0. The number of aromatic nitrogens is 2. The van der Waals surface area contributed by atoms with E-state index in [9.17, 15) is 4.79 Å². The highest BCUT2D eigenvalue weighted by atomic mass is 16.5. The number of aryl methyl sites for hydroxylation is 1. The number of ether oxygens (including phenoxy) is 1. The number of nitrogens with zero attached hydrogens (tertiary/aromatic N) is 6. The Morgan fingerprint density at radius 3 is 2.59 bits per heavy atom. The van der Waals surface area contributed by atoms with Crippen LogP contribution < -0.4 is 25.7 Å². The van der Waals surface area contributed by atoms with E-state index in [1.165, 1.54) is 12.5 Å². The van der Waals surface area contributed by atoms with E-state index in [0.717, 1.165) is 72.8 Å². The van der Waals surface area contributed by atoms with Gasteiger partial charge in [-0.05, 0) is 57.5 Å². The third-order valence-corrected chi connectivity index (χ3v) is 8.38. The molecule has 1 aromatic heterocycles. The van der Waals surface area contributed by atoms with Crippen molar-refractivity contribution in [1.29, 1.82) is 0 Å². The summed E-state index contributed by atoms with van der Waals surface area (Å²) >= 11 is 0. The predicted octanol–water partition coefficient (Wildman–Crippen LogP) is 0.458. The molecule has 1 aromatic carbocycles. The zero-order valence-corrected chi connectivity index (χ0v) is 23.2. The first kappa shape index (κ1) is 26.9. The fourth-order valence-electron chi connectivity index (χ4n) is 6.06. The monoisotopic (exact) mass is 533 g/mol. The number of anilines is 3. The first-order valence-electron chi connectivity index (χ1n) is 14.0. The molecule has 1 amide bonds. The highest BCUT2D eigenvalue weighted by molar-refractivity contribution is 5.93. The fourth-order valence-corrected chi connectivity index (χ4v) is 6.06. The third-order valence-electron chi connectivity index (χ3n) is 8.38. The summed E-state index contributed by atoms with van der Waals surface area (Å²) in [4.78, 5) is 30.9. The lowest BCUT2D eigenvalue weighted by Crippen LogP contribution is -2.49. The van der Waals surface area contributed by atoms with Crippen LogP contribution in [0.4, 0.5) is 17.2 Å². The molecule has 1 unspecified atom stereocenters. The Balaban J connectivity index is 1.43. The van der Waals surface area contributed by atoms with E-state index < -0.39 is 0 Å². The predicted molar refractivity (Wildman–Crippen MR) is 154 cm³/mol. The molecule has 3 aliphatic heterocycles. The number of nitrogen functional groups attached to an aromatic ring is 1. The molecule has 0 saturated carbocycles. The maximum Gasteiger partial charge on any atom is 0.318 e. The van der Waals surface area contributed by atoms with Gasteiger partial charge in [-0.15, -0.1) is 0 Å². The molecule has 10 nitrogen and oxygen atoms in total. The Bertz CT molecular complexity index is 1240. The number of carbonyl (C=O) groups excluding carboxylic acids is 1. The van der Waals surface area contributed by atoms with Crippen LogP contribution in [0.1, 0.15) is 35.2 Å². The summed E-state index contributed by atoms with van der Waals surface area (Å²) in [7, 11) is 2.15. The number of nitrogens with two attached hydrogens (primary N) is 2. The molecule has 10 heteroatoms. The van der Waals surface area contributed by atoms with Gasteiger partial charge in [0.25, 0.3) is 0 Å². The van der Waals surface area contributed by atoms with Gasteiger partial charge in [-0.2, -0.15) is 9.97 Å². The number of piperazine rings is 1. The van der Waals surface area contributed by atoms with E-state index in [2.05, 4.69) is 41.3 Å². The summed E-state index contributed by atoms with van der Waals surface area (Å²) in [6, 6.07) is 4.79. The topological polar surface area (TPSA) is 117 Å². The zero-order chi connectivity index (χ0) is 27.5. The molecule has 4 N–H and O–H groups in total. The average Bonchev–Trinajstić information content (AvgIpc) is 3.25. The van der Waals surface area contributed by atoms with Crippen LogP contribution in [0.2, 0.25) is 0 Å². The molecule has 1 atom stereocenters. The first-order chi connectivity index (χ1) is 18.9. The second-order valence-electron chi connectivity index (χ2n) is 10.7. The third kappa shape index (κ3) is 5.56. The minimum Gasteiger partial charge on any atom is -0.462 e. The molecule has 0 aliphatic carbocycles. The van der Waals surface area contributed by atoms with Crippen LogP contribution in [0.25, 0.3) is 0 Å². The maximum atomic E-state index is 12.2. The Morgan fingerprint density at radius 2 is 1.90 bits per heavy atom. The van der Waals surface area contributed by atoms with Crippen LogP contribution in [0.5, 0.6) is 6.01 Å². The fraction of sp³-hybridized carbons (Fsp3) is 0.517. The number of likely N-dealkylation sites (tertiary alicyclic amines) is 1. The van der Waals surface area contributed by atoms with Crippen molar-refractivity contribution in [1.82, 2.24) is 19.8 Å². The van der Waals surface area contributed by atoms with Gasteiger partial charge < -0.3 is 30.1 Å². The molecule has 0 bridgehead atoms. The number of hydrogen-bond acceptors (Lipinski definition) is 8. The van der Waals surface area contributed by atoms with Crippen LogP contribution in [-0.2, 0) is 17.6 Å². The standard InChI is InChI=1S/C29H40N8O2/c1-4-26(38)35-14-16-37(17-15-35)28-22-9-12-36(27-20(2)7-8-24(31)23(27)18-30)13-10-25(22)32-29(33-28)39-19-21-6-5-11-34(21)3/h4,7-8,18,21,30H,1,5-6,9-17,19,31H2,2-3H3/p+1. The molecule has 0 radical (unpaired) electrons. The van der Waals surface area contributed by atoms with Crippen LogP contribution in [-0.4, -0.2) is 97.4 Å². The number of benzene rings is 1. The van der Waals surface area contributed by atoms with Crippen molar-refractivity contribution in [2.24, 2.45) is 0 Å². The Hall–Kier alpha value is -3.66. The molecular formula is C29H41N8O2+. The van der Waals surface area contributed by atoms with Gasteiger partial charge in [0.1, 0.15) is 12.4 Å². The van der Waals surface area contributed by atoms with E-state index in [0.29, 0.717) is 50.5 Å². The van der Waals surface area contributed by atoms with Gasteiger partial charge >= 0.3 is 6.01 Å². The number of amides is 1. The quantitative estimate of drug-likeness (QED) is 0.300. The van der Waals surface area contributed by atoms with Gasteiger partial charge in [-0.25, -0.2) is 0 Å². The second-order valence-corrected chi connectivity index (χ2v) is 10.7. The van der Waals surface area contributed by atoms with Gasteiger partial charge in [-0.1, -0.05) is 12.6 Å². The highest BCUT2D eigenvalue weighted by Gasteiger charge is 2.29. The van der Waals surface area contributed by atoms with Crippen molar-refractivity contribution in [3.05, 3.63) is 47.2 Å². The van der Waals surface area contributed by atoms with E-state index in [-0.39, 0.29) is 5.91 Å². The summed E-state index contributed by atoms with van der Waals surface area (Å²) in [6.45, 7) is 11.7. The van der Waals surface area contributed by atoms with Crippen LogP contribution in [0, 0.1) is 6.92 Å². The number of rotatable bonds is 7. The molecule has 2 fully saturated rings. The lowest BCUT2D eigenvalue weighted by atomic mass is 10.0. The largest absolute Gasteiger partial charge is 0.462 e. The summed E-state index contributed by atoms with van der Waals surface area (Å²) in [5.74, 6) is 0.902. The van der Waals surface area contributed by atoms with Crippen molar-refractivity contribution in [3.8, 4) is 6.01 Å². The van der Waals surface area contributed by atoms with Gasteiger partial charge in [0.2, 0.25) is 5.91 Å². The van der Waals surface area contributed by atoms with Crippen molar-refractivity contribution in [2.45, 2.75) is 38.6 Å². The molecule has 208 valence electrons. The van der Waals surface area contributed by atoms with E-state index in [4.69, 9.17) is 25.8 Å². The Kier molecular flexibility index (Phi) is 8.02. The minimum atomic E-state index is -0.0264. The summed E-state index contributed by atoms with van der Waals surface area (Å²) in [5, 5.41) is 6.01. The number of hydrogen-bond donors (Lipinski definition) is 2. The molecule has 2 saturated heterocycles. The van der Waals surface area contributed by atoms with E-state index in [1.807, 2.05) is 11.0 Å². The van der Waals surface area contributed by atoms with Crippen molar-refractivity contribution < 1.29 is 14.9 Å². The second kappa shape index (κ2) is 11.6. The van der Waals surface area contributed by atoms with E-state index in [1.54, 1.807) is 6.21 Å². The molecule has 4 heterocycles. The smallest absolute Gasteiger partial charge is 0.318 e. The Morgan fingerprint density at radius 1 is 1.13 bits per heavy atom. The average molecular weight is 534 g/mol. The number of fused-ring (bicyclic) bond motifs is 1. The molecular weight excluding hydrogens is 492 g/mol. The highest BCUT2D eigenvalue weighted by Crippen LogP contribution is 2.33. The zero-order valence-electron chi connectivity index (χ0n) is 23.2. The van der Waals surface area contributed by atoms with Gasteiger partial charge in [0.15, 0.2) is 6.21 Å². The van der Waals surface area contributed by atoms with Crippen molar-refractivity contribution >= 4 is 29.3 Å². The lowest BCUT2D eigenvalue weighted by Gasteiger charge is -2.36. The molecule has 39 heavy (non-hydrogen) atoms. The van der Waals surface area contributed by atoms with Crippen molar-refractivity contribution in [3.63, 3.8) is 0 Å². The summed E-state index contributed by atoms with van der Waals surface area (Å²) < 4.78 is 6.24. The molecule has 3 aliphatic rings. The summed E-state index contributed by atoms with van der Waals surface area (Å²) in [5.41, 5.74) is 12.3. The summed E-state index contributed by atoms with van der Waals surface area (Å²) in [6.07, 6.45) is 6.87. The molecule has 2 aromatic rings. The van der Waals surface area contributed by atoms with Gasteiger partial charge in [0.05, 0.1) is 16.9 Å². The van der Waals surface area contributed by atoms with Gasteiger partial charge in [0, 0.05) is 63.0 Å². The van der Waals surface area contributed by atoms with E-state index >= 15 is 0 Å². The van der Waals surface area contributed by atoms with Gasteiger partial charge in [-0.3, -0.25) is 10.2 Å². The SMILES string of the molecule is C=CC(=O)N1CCN(c2nc(OCC3CCCN3C)nc3c2CCN(c2c(C)ccc(N)c2C=[NH2+])CC3)CC1. The molecule has 5 rings (SSSR count). The van der Waals surface area contributed by atoms with Crippen LogP contribution >= 0.6 is 0 Å². The Labute approximate surface area is 230 Å². The maximum absolute atomic E-state index is 12.2. The number of carbonyl (C=O) groups is 1. The van der Waals surface area contributed by atoms with Crippen LogP contribution in [0.3, 0.4) is 0 Å². The van der Waals surface area contributed by atoms with Crippen molar-refractivity contribution in [2.75, 3.05) is 75.0 Å². The minimum absolute atomic E-state index is 0.0264.